The number of hydrogen-bond donors (Lipinski definition) is 2. The number of nitrogens with one attached hydrogen (secondary N) is 2. The first-order chi connectivity index (χ1) is 19.5. The molecule has 0 aromatic heterocycles. The van der Waals surface area contributed by atoms with Crippen LogP contribution in [0.5, 0.6) is 0 Å². The fourth-order valence-electron chi connectivity index (χ4n) is 5.45. The van der Waals surface area contributed by atoms with E-state index in [1.54, 1.807) is 45.0 Å². The van der Waals surface area contributed by atoms with Crippen LogP contribution < -0.4 is 10.6 Å². The standard InChI is InChI=1S/C29H29F4N5O4/c1-27(2,3)13-22(38(16-29(31,32)33)25(41)23(39)35-18-10-8-17(30)9-11-18)24(40)37-15-28(12-19(37)14-34)20-6-4-5-7-21(20)36-26(28)42/h4-11,19,22H,12-13,15-16H2,1-3H3,(H,35,39)(H,36,42)/t19-,22-,28-/m0/s1. The Hall–Kier alpha value is -4.47. The SMILES string of the molecule is CC(C)(C)C[C@@H](C(=O)N1C[C@]2(C[C@H]1C#N)C(=O)Nc1ccccc12)N(CC(F)(F)F)C(=O)C(=O)Nc1ccc(F)cc1. The van der Waals surface area contributed by atoms with E-state index in [1.807, 2.05) is 6.07 Å². The van der Waals surface area contributed by atoms with Crippen molar-refractivity contribution in [1.29, 1.82) is 5.26 Å². The summed E-state index contributed by atoms with van der Waals surface area (Å²) in [6, 6.07) is 9.96. The first-order valence-corrected chi connectivity index (χ1v) is 13.1. The van der Waals surface area contributed by atoms with E-state index < -0.39 is 65.1 Å². The molecule has 4 rings (SSSR count). The van der Waals surface area contributed by atoms with Gasteiger partial charge < -0.3 is 20.4 Å². The van der Waals surface area contributed by atoms with Crippen LogP contribution in [0.3, 0.4) is 0 Å². The van der Waals surface area contributed by atoms with Gasteiger partial charge in [-0.15, -0.1) is 0 Å². The molecule has 13 heteroatoms. The molecule has 2 aromatic rings. The van der Waals surface area contributed by atoms with Crippen LogP contribution in [-0.2, 0) is 24.6 Å². The highest BCUT2D eigenvalue weighted by atomic mass is 19.4. The number of rotatable bonds is 5. The van der Waals surface area contributed by atoms with Gasteiger partial charge in [-0.05, 0) is 47.7 Å². The van der Waals surface area contributed by atoms with Crippen molar-refractivity contribution < 1.29 is 36.7 Å². The molecule has 2 aliphatic rings. The van der Waals surface area contributed by atoms with Crippen molar-refractivity contribution in [2.45, 2.75) is 57.3 Å². The lowest BCUT2D eigenvalue weighted by molar-refractivity contribution is -0.173. The zero-order chi connectivity index (χ0) is 31.0. The summed E-state index contributed by atoms with van der Waals surface area (Å²) in [6.07, 6.45) is -5.38. The summed E-state index contributed by atoms with van der Waals surface area (Å²) < 4.78 is 54.8. The summed E-state index contributed by atoms with van der Waals surface area (Å²) in [6.45, 7) is 2.72. The summed E-state index contributed by atoms with van der Waals surface area (Å²) in [5.41, 5.74) is -1.10. The van der Waals surface area contributed by atoms with E-state index in [0.29, 0.717) is 11.3 Å². The molecule has 9 nitrogen and oxygen atoms in total. The van der Waals surface area contributed by atoms with Crippen LogP contribution in [0, 0.1) is 22.6 Å². The minimum atomic E-state index is -4.99. The van der Waals surface area contributed by atoms with E-state index in [9.17, 15) is 42.0 Å². The zero-order valence-electron chi connectivity index (χ0n) is 23.1. The second kappa shape index (κ2) is 11.1. The van der Waals surface area contributed by atoms with Gasteiger partial charge in [0.15, 0.2) is 0 Å². The highest BCUT2D eigenvalue weighted by Gasteiger charge is 2.57. The summed E-state index contributed by atoms with van der Waals surface area (Å²) >= 11 is 0. The van der Waals surface area contributed by atoms with Gasteiger partial charge in [0.25, 0.3) is 0 Å². The van der Waals surface area contributed by atoms with E-state index in [0.717, 1.165) is 29.2 Å². The number of nitriles is 1. The molecule has 4 amide bonds. The highest BCUT2D eigenvalue weighted by Crippen LogP contribution is 2.46. The number of hydrogen-bond acceptors (Lipinski definition) is 5. The van der Waals surface area contributed by atoms with E-state index >= 15 is 0 Å². The lowest BCUT2D eigenvalue weighted by atomic mass is 9.80. The topological polar surface area (TPSA) is 123 Å². The van der Waals surface area contributed by atoms with Gasteiger partial charge >= 0.3 is 18.0 Å². The number of alkyl halides is 3. The van der Waals surface area contributed by atoms with Crippen LogP contribution >= 0.6 is 0 Å². The van der Waals surface area contributed by atoms with Crippen molar-refractivity contribution in [3.63, 3.8) is 0 Å². The number of para-hydroxylation sites is 1. The Morgan fingerprint density at radius 2 is 1.79 bits per heavy atom. The van der Waals surface area contributed by atoms with Gasteiger partial charge in [0.05, 0.1) is 11.5 Å². The van der Waals surface area contributed by atoms with Gasteiger partial charge in [0.1, 0.15) is 24.4 Å². The molecule has 1 fully saturated rings. The van der Waals surface area contributed by atoms with Crippen molar-refractivity contribution in [3.05, 3.63) is 59.9 Å². The molecule has 3 atom stereocenters. The first-order valence-electron chi connectivity index (χ1n) is 13.1. The molecular weight excluding hydrogens is 558 g/mol. The molecule has 222 valence electrons. The second-order valence-electron chi connectivity index (χ2n) is 11.7. The fraction of sp³-hybridized carbons (Fsp3) is 0.414. The molecule has 1 spiro atoms. The molecule has 0 radical (unpaired) electrons. The summed E-state index contributed by atoms with van der Waals surface area (Å²) in [7, 11) is 0. The average Bonchev–Trinajstić information content (AvgIpc) is 3.43. The smallest absolute Gasteiger partial charge is 0.325 e. The number of nitrogens with zero attached hydrogens (tertiary/aromatic N) is 3. The normalized spacial score (nSPS) is 20.5. The number of benzene rings is 2. The molecule has 0 saturated carbocycles. The number of halogens is 4. The van der Waals surface area contributed by atoms with E-state index in [4.69, 9.17) is 0 Å². The number of carbonyl (C=O) groups excluding carboxylic acids is 4. The summed E-state index contributed by atoms with van der Waals surface area (Å²) in [5, 5.41) is 14.8. The number of fused-ring (bicyclic) bond motifs is 2. The van der Waals surface area contributed by atoms with Crippen LogP contribution in [0.4, 0.5) is 28.9 Å². The summed E-state index contributed by atoms with van der Waals surface area (Å²) in [4.78, 5) is 54.6. The number of amides is 4. The first kappa shape index (κ1) is 30.5. The lowest BCUT2D eigenvalue weighted by Gasteiger charge is -2.37. The average molecular weight is 588 g/mol. The molecule has 2 N–H and O–H groups in total. The lowest BCUT2D eigenvalue weighted by Crippen LogP contribution is -2.57. The molecule has 0 unspecified atom stereocenters. The number of carbonyl (C=O) groups is 4. The molecule has 1 saturated heterocycles. The quantitative estimate of drug-likeness (QED) is 0.405. The second-order valence-corrected chi connectivity index (χ2v) is 11.7. The number of likely N-dealkylation sites (tertiary alicyclic amines) is 1. The predicted molar refractivity (Wildman–Crippen MR) is 143 cm³/mol. The van der Waals surface area contributed by atoms with Gasteiger partial charge in [-0.25, -0.2) is 4.39 Å². The van der Waals surface area contributed by atoms with Gasteiger partial charge in [-0.1, -0.05) is 39.0 Å². The molecule has 0 aliphatic carbocycles. The Morgan fingerprint density at radius 1 is 1.14 bits per heavy atom. The highest BCUT2D eigenvalue weighted by molar-refractivity contribution is 6.40. The Kier molecular flexibility index (Phi) is 8.04. The van der Waals surface area contributed by atoms with Gasteiger partial charge in [-0.2, -0.15) is 18.4 Å². The molecule has 42 heavy (non-hydrogen) atoms. The van der Waals surface area contributed by atoms with Gasteiger partial charge in [-0.3, -0.25) is 19.2 Å². The van der Waals surface area contributed by atoms with Crippen LogP contribution in [0.25, 0.3) is 0 Å². The number of anilines is 2. The maximum Gasteiger partial charge on any atom is 0.406 e. The van der Waals surface area contributed by atoms with Gasteiger partial charge in [0.2, 0.25) is 11.8 Å². The third-order valence-corrected chi connectivity index (χ3v) is 7.29. The molecule has 2 aliphatic heterocycles. The van der Waals surface area contributed by atoms with Crippen molar-refractivity contribution >= 4 is 35.0 Å². The van der Waals surface area contributed by atoms with Crippen molar-refractivity contribution in [2.24, 2.45) is 5.41 Å². The monoisotopic (exact) mass is 587 g/mol. The van der Waals surface area contributed by atoms with Crippen LogP contribution in [0.1, 0.15) is 39.2 Å². The Morgan fingerprint density at radius 3 is 2.38 bits per heavy atom. The Bertz CT molecular complexity index is 1450. The van der Waals surface area contributed by atoms with Crippen LogP contribution in [0.2, 0.25) is 0 Å². The largest absolute Gasteiger partial charge is 0.406 e. The van der Waals surface area contributed by atoms with Crippen molar-refractivity contribution in [2.75, 3.05) is 23.7 Å². The van der Waals surface area contributed by atoms with Crippen molar-refractivity contribution in [3.8, 4) is 6.07 Å². The predicted octanol–water partition coefficient (Wildman–Crippen LogP) is 3.97. The van der Waals surface area contributed by atoms with E-state index in [1.165, 1.54) is 0 Å². The molecular formula is C29H29F4N5O4. The molecule has 2 aromatic carbocycles. The van der Waals surface area contributed by atoms with Crippen LogP contribution in [-0.4, -0.2) is 64.8 Å². The zero-order valence-corrected chi connectivity index (χ0v) is 23.1. The molecule has 0 bridgehead atoms. The van der Waals surface area contributed by atoms with Crippen LogP contribution in [0.15, 0.2) is 48.5 Å². The Balaban J connectivity index is 1.71. The third-order valence-electron chi connectivity index (χ3n) is 7.29. The minimum absolute atomic E-state index is 0.0441. The Labute approximate surface area is 239 Å². The summed E-state index contributed by atoms with van der Waals surface area (Å²) in [5.74, 6) is -5.17. The maximum absolute atomic E-state index is 14.1. The van der Waals surface area contributed by atoms with E-state index in [2.05, 4.69) is 10.6 Å². The fourth-order valence-corrected chi connectivity index (χ4v) is 5.45. The van der Waals surface area contributed by atoms with Gasteiger partial charge in [0, 0.05) is 24.3 Å². The minimum Gasteiger partial charge on any atom is -0.325 e. The van der Waals surface area contributed by atoms with Crippen molar-refractivity contribution in [1.82, 2.24) is 9.80 Å². The van der Waals surface area contributed by atoms with E-state index in [-0.39, 0.29) is 30.0 Å². The maximum atomic E-state index is 14.1. The third kappa shape index (κ3) is 6.22. The molecule has 2 heterocycles.